The largest absolute Gasteiger partial charge is 0.339 e. The van der Waals surface area contributed by atoms with E-state index in [0.29, 0.717) is 6.04 Å². The van der Waals surface area contributed by atoms with Crippen LogP contribution in [0.25, 0.3) is 6.08 Å². The highest BCUT2D eigenvalue weighted by atomic mass is 31.2. The van der Waals surface area contributed by atoms with E-state index >= 15 is 0 Å². The summed E-state index contributed by atoms with van der Waals surface area (Å²) in [5.41, 5.74) is 15.3. The quantitative estimate of drug-likeness (QED) is 0.213. The second-order valence-electron chi connectivity index (χ2n) is 18.7. The first-order chi connectivity index (χ1) is 25.5. The highest BCUT2D eigenvalue weighted by Gasteiger charge is 2.66. The van der Waals surface area contributed by atoms with E-state index in [0.717, 1.165) is 17.0 Å². The lowest BCUT2D eigenvalue weighted by Crippen LogP contribution is -2.50. The van der Waals surface area contributed by atoms with Gasteiger partial charge in [-0.1, -0.05) is 85.0 Å². The van der Waals surface area contributed by atoms with Gasteiger partial charge in [-0.3, -0.25) is 0 Å². The second kappa shape index (κ2) is 15.9. The zero-order valence-corrected chi connectivity index (χ0v) is 36.0. The normalized spacial score (nSPS) is 23.9. The van der Waals surface area contributed by atoms with Crippen LogP contribution < -0.4 is 9.80 Å². The fraction of sp³-hybridized carbons (Fsp3) is 0.600. The molecule has 4 aliphatic rings. The van der Waals surface area contributed by atoms with Gasteiger partial charge in [-0.2, -0.15) is 0 Å². The van der Waals surface area contributed by atoms with Gasteiger partial charge in [0, 0.05) is 11.4 Å². The van der Waals surface area contributed by atoms with Crippen LogP contribution in [0.4, 0.5) is 11.4 Å². The molecule has 0 spiro atoms. The maximum absolute atomic E-state index is 3.03. The Kier molecular flexibility index (Phi) is 11.6. The van der Waals surface area contributed by atoms with E-state index in [1.165, 1.54) is 147 Å². The summed E-state index contributed by atoms with van der Waals surface area (Å²) < 4.78 is 0. The smallest absolute Gasteiger partial charge is 0.162 e. The lowest BCUT2D eigenvalue weighted by molar-refractivity contribution is 0.450. The van der Waals surface area contributed by atoms with Crippen LogP contribution in [0.3, 0.4) is 0 Å². The predicted molar refractivity (Wildman–Crippen MR) is 236 cm³/mol. The Morgan fingerprint density at radius 2 is 0.981 bits per heavy atom. The van der Waals surface area contributed by atoms with Crippen molar-refractivity contribution >= 4 is 24.7 Å². The van der Waals surface area contributed by atoms with Crippen LogP contribution in [-0.2, 0) is 0 Å². The molecule has 2 nitrogen and oxygen atoms in total. The van der Waals surface area contributed by atoms with Crippen LogP contribution in [0.15, 0.2) is 59.9 Å². The maximum Gasteiger partial charge on any atom is 0.162 e. The zero-order valence-electron chi connectivity index (χ0n) is 35.1. The molecule has 2 unspecified atom stereocenters. The minimum atomic E-state index is -1.75. The number of rotatable bonds is 8. The number of hydrogen-bond donors (Lipinski definition) is 0. The van der Waals surface area contributed by atoms with Crippen molar-refractivity contribution in [3.05, 3.63) is 98.9 Å². The first-order valence-electron chi connectivity index (χ1n) is 21.8. The Morgan fingerprint density at radius 1 is 0.585 bits per heavy atom. The molecule has 286 valence electrons. The van der Waals surface area contributed by atoms with Crippen LogP contribution in [0, 0.1) is 41.5 Å². The van der Waals surface area contributed by atoms with Gasteiger partial charge in [0.1, 0.15) is 5.31 Å². The van der Waals surface area contributed by atoms with Gasteiger partial charge in [0.25, 0.3) is 0 Å². The summed E-state index contributed by atoms with van der Waals surface area (Å²) in [5, 5.41) is 1.88. The lowest BCUT2D eigenvalue weighted by Gasteiger charge is -2.53. The van der Waals surface area contributed by atoms with Crippen molar-refractivity contribution in [2.75, 3.05) is 9.80 Å². The third-order valence-corrected chi connectivity index (χ3v) is 21.1. The summed E-state index contributed by atoms with van der Waals surface area (Å²) in [7, 11) is -1.75. The summed E-state index contributed by atoms with van der Waals surface area (Å²) >= 11 is 0. The molecule has 0 aromatic heterocycles. The second-order valence-corrected chi connectivity index (χ2v) is 23.0. The van der Waals surface area contributed by atoms with Gasteiger partial charge in [-0.25, -0.2) is 0 Å². The number of aryl methyl sites for hydroxylation is 6. The van der Waals surface area contributed by atoms with E-state index in [-0.39, 0.29) is 11.7 Å². The molecule has 3 aliphatic carbocycles. The SMILES string of the molecule is Cc1cc(C)c(N2C(/C(=C/c3ccccc3)[P+](C3CCCCC3)(C3CCCCC3)C3CCCCC3)N(c3c(C)cc(C)cc3C)C(C)(C)C2C)c(C)c1. The van der Waals surface area contributed by atoms with Gasteiger partial charge in [-0.05, 0) is 173 Å². The number of benzene rings is 3. The molecule has 1 heterocycles. The third kappa shape index (κ3) is 7.07. The van der Waals surface area contributed by atoms with Crippen molar-refractivity contribution in [2.24, 2.45) is 0 Å². The van der Waals surface area contributed by atoms with Crippen molar-refractivity contribution in [1.29, 1.82) is 0 Å². The van der Waals surface area contributed by atoms with Gasteiger partial charge in [-0.15, -0.1) is 0 Å². The first-order valence-corrected chi connectivity index (χ1v) is 23.8. The molecule has 7 rings (SSSR count). The van der Waals surface area contributed by atoms with E-state index in [1.807, 2.05) is 5.31 Å². The molecule has 3 aromatic carbocycles. The number of nitrogens with zero attached hydrogens (tertiary/aromatic N) is 2. The average molecular weight is 732 g/mol. The molecule has 0 amide bonds. The summed E-state index contributed by atoms with van der Waals surface area (Å²) in [6, 6.07) is 21.9. The van der Waals surface area contributed by atoms with Crippen molar-refractivity contribution in [3.63, 3.8) is 0 Å². The van der Waals surface area contributed by atoms with Crippen molar-refractivity contribution in [1.82, 2.24) is 0 Å². The lowest BCUT2D eigenvalue weighted by atomic mass is 9.92. The van der Waals surface area contributed by atoms with Gasteiger partial charge in [0.15, 0.2) is 6.17 Å². The van der Waals surface area contributed by atoms with Gasteiger partial charge >= 0.3 is 0 Å². The van der Waals surface area contributed by atoms with Gasteiger partial charge in [0.2, 0.25) is 0 Å². The summed E-state index contributed by atoms with van der Waals surface area (Å²) in [4.78, 5) is 6.04. The predicted octanol–water partition coefficient (Wildman–Crippen LogP) is 14.4. The Balaban J connectivity index is 1.62. The fourth-order valence-electron chi connectivity index (χ4n) is 12.5. The maximum atomic E-state index is 3.03. The molecule has 1 saturated heterocycles. The Morgan fingerprint density at radius 3 is 1.40 bits per heavy atom. The Bertz CT molecular complexity index is 1660. The zero-order chi connectivity index (χ0) is 37.5. The molecular weight excluding hydrogens is 660 g/mol. The molecule has 0 bridgehead atoms. The summed E-state index contributed by atoms with van der Waals surface area (Å²) in [6.07, 6.45) is 24.6. The molecule has 4 fully saturated rings. The summed E-state index contributed by atoms with van der Waals surface area (Å²) in [6.45, 7) is 22.0. The number of hydrogen-bond acceptors (Lipinski definition) is 2. The van der Waals surface area contributed by atoms with Crippen LogP contribution in [0.5, 0.6) is 0 Å². The van der Waals surface area contributed by atoms with Crippen molar-refractivity contribution in [3.8, 4) is 0 Å². The third-order valence-electron chi connectivity index (χ3n) is 14.7. The Hall–Kier alpha value is -2.57. The molecule has 2 atom stereocenters. The van der Waals surface area contributed by atoms with Crippen LogP contribution in [0.2, 0.25) is 0 Å². The minimum Gasteiger partial charge on any atom is -0.339 e. The fourth-order valence-corrected chi connectivity index (χ4v) is 20.2. The van der Waals surface area contributed by atoms with Crippen molar-refractivity contribution < 1.29 is 0 Å². The summed E-state index contributed by atoms with van der Waals surface area (Å²) in [5.74, 6) is 0. The molecule has 53 heavy (non-hydrogen) atoms. The molecule has 3 saturated carbocycles. The standard InChI is InChI=1S/C50H72N2P/c1-35-30-37(3)47(38(4)31-35)51-41(7)50(8,9)52(48-39(5)32-36(2)33-40(48)6)49(51)46(34-42-22-14-10-15-23-42)53(43-24-16-11-17-25-43,44-26-18-12-19-27-44)45-28-20-13-21-29-45/h10,14-15,22-23,30-34,41,43-45,49H,11-13,16-21,24-29H2,1-9H3/q+1/b46-34-. The van der Waals surface area contributed by atoms with E-state index < -0.39 is 7.26 Å². The van der Waals surface area contributed by atoms with Gasteiger partial charge in [0.05, 0.1) is 35.8 Å². The molecule has 3 heteroatoms. The van der Waals surface area contributed by atoms with E-state index in [9.17, 15) is 0 Å². The topological polar surface area (TPSA) is 6.48 Å². The first kappa shape index (κ1) is 38.7. The van der Waals surface area contributed by atoms with Gasteiger partial charge < -0.3 is 9.80 Å². The molecular formula is C50H72N2P+. The van der Waals surface area contributed by atoms with Crippen molar-refractivity contribution in [2.45, 2.75) is 193 Å². The highest BCUT2D eigenvalue weighted by Crippen LogP contribution is 2.83. The van der Waals surface area contributed by atoms with Crippen LogP contribution in [-0.4, -0.2) is 34.7 Å². The number of anilines is 2. The molecule has 0 radical (unpaired) electrons. The van der Waals surface area contributed by atoms with Crippen LogP contribution >= 0.6 is 7.26 Å². The van der Waals surface area contributed by atoms with Crippen LogP contribution in [0.1, 0.15) is 156 Å². The average Bonchev–Trinajstić information content (AvgIpc) is 3.33. The molecule has 3 aromatic rings. The molecule has 0 N–H and O–H groups in total. The highest BCUT2D eigenvalue weighted by molar-refractivity contribution is 7.82. The molecule has 1 aliphatic heterocycles. The van der Waals surface area contributed by atoms with E-state index in [2.05, 4.69) is 133 Å². The van der Waals surface area contributed by atoms with E-state index in [4.69, 9.17) is 0 Å². The minimum absolute atomic E-state index is 0.101. The Labute approximate surface area is 325 Å². The monoisotopic (exact) mass is 732 g/mol. The van der Waals surface area contributed by atoms with E-state index in [1.54, 1.807) is 0 Å².